The Morgan fingerprint density at radius 3 is 2.60 bits per heavy atom. The fourth-order valence-corrected chi connectivity index (χ4v) is 1.46. The molecule has 0 amide bonds. The van der Waals surface area contributed by atoms with Crippen molar-refractivity contribution in [2.24, 2.45) is 0 Å². The van der Waals surface area contributed by atoms with E-state index in [2.05, 4.69) is 15.0 Å². The topological polar surface area (TPSA) is 80.6 Å². The van der Waals surface area contributed by atoms with Gasteiger partial charge in [-0.2, -0.15) is 0 Å². The molecule has 0 aliphatic heterocycles. The zero-order valence-corrected chi connectivity index (χ0v) is 8.39. The Balaban J connectivity index is 3.03. The van der Waals surface area contributed by atoms with Gasteiger partial charge in [0.25, 0.3) is 5.56 Å². The van der Waals surface area contributed by atoms with Gasteiger partial charge in [0.2, 0.25) is 0 Å². The average molecular weight is 206 g/mol. The number of aromatic amines is 1. The van der Waals surface area contributed by atoms with Gasteiger partial charge in [-0.25, -0.2) is 14.8 Å². The summed E-state index contributed by atoms with van der Waals surface area (Å²) in [5.41, 5.74) is -0.449. The first kappa shape index (κ1) is 9.57. The number of aromatic nitrogens is 4. The fourth-order valence-electron chi connectivity index (χ4n) is 1.46. The van der Waals surface area contributed by atoms with Crippen LogP contribution in [0.4, 0.5) is 0 Å². The molecule has 0 unspecified atom stereocenters. The highest BCUT2D eigenvalue weighted by molar-refractivity contribution is 5.67. The average Bonchev–Trinajstić information content (AvgIpc) is 2.17. The van der Waals surface area contributed by atoms with Crippen LogP contribution in [0.1, 0.15) is 19.9 Å². The van der Waals surface area contributed by atoms with E-state index in [-0.39, 0.29) is 11.6 Å². The van der Waals surface area contributed by atoms with Crippen LogP contribution in [0.3, 0.4) is 0 Å². The van der Waals surface area contributed by atoms with E-state index in [0.29, 0.717) is 5.65 Å². The lowest BCUT2D eigenvalue weighted by molar-refractivity contribution is 0.578. The van der Waals surface area contributed by atoms with Gasteiger partial charge in [-0.3, -0.25) is 14.3 Å². The maximum absolute atomic E-state index is 11.5. The van der Waals surface area contributed by atoms with Gasteiger partial charge in [-0.15, -0.1) is 0 Å². The first-order chi connectivity index (χ1) is 7.11. The van der Waals surface area contributed by atoms with E-state index in [1.54, 1.807) is 0 Å². The van der Waals surface area contributed by atoms with Crippen molar-refractivity contribution in [2.75, 3.05) is 0 Å². The predicted octanol–water partition coefficient (Wildman–Crippen LogP) is 0.0607. The molecule has 0 saturated heterocycles. The van der Waals surface area contributed by atoms with Gasteiger partial charge in [0.05, 0.1) is 0 Å². The number of rotatable bonds is 1. The van der Waals surface area contributed by atoms with E-state index >= 15 is 0 Å². The van der Waals surface area contributed by atoms with Gasteiger partial charge < -0.3 is 0 Å². The lowest BCUT2D eigenvalue weighted by Gasteiger charge is -2.10. The first-order valence-corrected chi connectivity index (χ1v) is 4.57. The molecule has 2 heterocycles. The first-order valence-electron chi connectivity index (χ1n) is 4.57. The zero-order chi connectivity index (χ0) is 11.0. The maximum Gasteiger partial charge on any atom is 0.330 e. The summed E-state index contributed by atoms with van der Waals surface area (Å²) in [5, 5.41) is 0. The monoisotopic (exact) mass is 206 g/mol. The molecule has 2 aromatic rings. The van der Waals surface area contributed by atoms with E-state index in [1.807, 2.05) is 13.8 Å². The molecule has 15 heavy (non-hydrogen) atoms. The molecular formula is C9H10N4O2. The van der Waals surface area contributed by atoms with Crippen molar-refractivity contribution in [3.63, 3.8) is 0 Å². The summed E-state index contributed by atoms with van der Waals surface area (Å²) < 4.78 is 1.41. The normalized spacial score (nSPS) is 11.1. The molecule has 2 rings (SSSR count). The Morgan fingerprint density at radius 2 is 1.93 bits per heavy atom. The van der Waals surface area contributed by atoms with Crippen LogP contribution in [0.15, 0.2) is 22.0 Å². The van der Waals surface area contributed by atoms with Crippen molar-refractivity contribution >= 4 is 11.2 Å². The predicted molar refractivity (Wildman–Crippen MR) is 54.8 cm³/mol. The second-order valence-corrected chi connectivity index (χ2v) is 3.45. The summed E-state index contributed by atoms with van der Waals surface area (Å²) in [6.07, 6.45) is 2.88. The quantitative estimate of drug-likeness (QED) is 0.715. The molecule has 6 nitrogen and oxygen atoms in total. The number of hydrogen-bond donors (Lipinski definition) is 1. The van der Waals surface area contributed by atoms with Gasteiger partial charge >= 0.3 is 5.69 Å². The van der Waals surface area contributed by atoms with Crippen LogP contribution in [-0.2, 0) is 0 Å². The minimum atomic E-state index is -0.500. The Labute approximate surface area is 84.6 Å². The van der Waals surface area contributed by atoms with E-state index in [9.17, 15) is 9.59 Å². The minimum absolute atomic E-state index is 0.0754. The Morgan fingerprint density at radius 1 is 1.27 bits per heavy atom. The summed E-state index contributed by atoms with van der Waals surface area (Å²) >= 11 is 0. The molecule has 78 valence electrons. The highest BCUT2D eigenvalue weighted by atomic mass is 16.2. The van der Waals surface area contributed by atoms with E-state index in [1.165, 1.54) is 17.0 Å². The largest absolute Gasteiger partial charge is 0.330 e. The lowest BCUT2D eigenvalue weighted by atomic mass is 10.3. The van der Waals surface area contributed by atoms with Crippen molar-refractivity contribution in [3.05, 3.63) is 33.2 Å². The third-order valence-electron chi connectivity index (χ3n) is 2.08. The standard InChI is InChI=1S/C9H10N4O2/c1-5(2)13-7-6(10-3-4-11-7)8(14)12-9(13)15/h3-5H,1-2H3,(H,12,14,15). The maximum atomic E-state index is 11.5. The smallest absolute Gasteiger partial charge is 0.274 e. The molecule has 2 aromatic heterocycles. The van der Waals surface area contributed by atoms with Crippen molar-refractivity contribution in [2.45, 2.75) is 19.9 Å². The highest BCUT2D eigenvalue weighted by Crippen LogP contribution is 2.06. The molecule has 0 atom stereocenters. The summed E-state index contributed by atoms with van der Waals surface area (Å²) in [6, 6.07) is -0.0754. The van der Waals surface area contributed by atoms with Crippen LogP contribution in [0.5, 0.6) is 0 Å². The van der Waals surface area contributed by atoms with Gasteiger partial charge in [0, 0.05) is 18.4 Å². The third-order valence-corrected chi connectivity index (χ3v) is 2.08. The Bertz CT molecular complexity index is 611. The fraction of sp³-hybridized carbons (Fsp3) is 0.333. The van der Waals surface area contributed by atoms with Gasteiger partial charge in [-0.1, -0.05) is 0 Å². The molecule has 6 heteroatoms. The van der Waals surface area contributed by atoms with Crippen molar-refractivity contribution < 1.29 is 0 Å². The molecule has 1 N–H and O–H groups in total. The van der Waals surface area contributed by atoms with Crippen LogP contribution < -0.4 is 11.2 Å². The molecule has 0 aliphatic carbocycles. The summed E-state index contributed by atoms with van der Waals surface area (Å²) in [7, 11) is 0. The van der Waals surface area contributed by atoms with Crippen LogP contribution in [0, 0.1) is 0 Å². The number of nitrogens with zero attached hydrogens (tertiary/aromatic N) is 3. The van der Waals surface area contributed by atoms with Crippen LogP contribution in [-0.4, -0.2) is 19.5 Å². The molecule has 0 aliphatic rings. The van der Waals surface area contributed by atoms with Crippen LogP contribution in [0.25, 0.3) is 11.2 Å². The van der Waals surface area contributed by atoms with Crippen molar-refractivity contribution in [3.8, 4) is 0 Å². The van der Waals surface area contributed by atoms with Gasteiger partial charge in [-0.05, 0) is 13.8 Å². The SMILES string of the molecule is CC(C)n1c(=O)[nH]c(=O)c2nccnc21. The number of H-pyrrole nitrogens is 1. The van der Waals surface area contributed by atoms with Crippen LogP contribution >= 0.6 is 0 Å². The van der Waals surface area contributed by atoms with Crippen molar-refractivity contribution in [1.82, 2.24) is 19.5 Å². The molecule has 0 bridgehead atoms. The number of hydrogen-bond acceptors (Lipinski definition) is 4. The zero-order valence-electron chi connectivity index (χ0n) is 8.39. The second kappa shape index (κ2) is 3.30. The lowest BCUT2D eigenvalue weighted by Crippen LogP contribution is -2.32. The van der Waals surface area contributed by atoms with Crippen molar-refractivity contribution in [1.29, 1.82) is 0 Å². The molecular weight excluding hydrogens is 196 g/mol. The molecule has 0 fully saturated rings. The third kappa shape index (κ3) is 1.43. The van der Waals surface area contributed by atoms with E-state index in [4.69, 9.17) is 0 Å². The van der Waals surface area contributed by atoms with E-state index in [0.717, 1.165) is 0 Å². The summed E-state index contributed by atoms with van der Waals surface area (Å²) in [5.74, 6) is 0. The Kier molecular flexibility index (Phi) is 2.11. The van der Waals surface area contributed by atoms with Gasteiger partial charge in [0.1, 0.15) is 0 Å². The second-order valence-electron chi connectivity index (χ2n) is 3.45. The van der Waals surface area contributed by atoms with Gasteiger partial charge in [0.15, 0.2) is 11.2 Å². The number of nitrogens with one attached hydrogen (secondary N) is 1. The molecule has 0 saturated carbocycles. The van der Waals surface area contributed by atoms with E-state index < -0.39 is 11.2 Å². The summed E-state index contributed by atoms with van der Waals surface area (Å²) in [6.45, 7) is 3.68. The Hall–Kier alpha value is -1.98. The summed E-state index contributed by atoms with van der Waals surface area (Å²) in [4.78, 5) is 33.1. The number of fused-ring (bicyclic) bond motifs is 1. The minimum Gasteiger partial charge on any atom is -0.274 e. The highest BCUT2D eigenvalue weighted by Gasteiger charge is 2.10. The molecule has 0 spiro atoms. The molecule has 0 radical (unpaired) electrons. The van der Waals surface area contributed by atoms with Crippen LogP contribution in [0.2, 0.25) is 0 Å². The molecule has 0 aromatic carbocycles.